The van der Waals surface area contributed by atoms with Gasteiger partial charge in [0.25, 0.3) is 24.0 Å². The summed E-state index contributed by atoms with van der Waals surface area (Å²) in [4.78, 5) is 72.6. The van der Waals surface area contributed by atoms with E-state index in [4.69, 9.17) is 13.9 Å². The first-order chi connectivity index (χ1) is 25.3. The van der Waals surface area contributed by atoms with Crippen LogP contribution < -0.4 is 16.0 Å². The Kier molecular flexibility index (Phi) is 16.6. The van der Waals surface area contributed by atoms with Crippen molar-refractivity contribution in [2.45, 2.75) is 76.2 Å². The Labute approximate surface area is 304 Å². The van der Waals surface area contributed by atoms with E-state index in [1.807, 2.05) is 30.3 Å². The Bertz CT molecular complexity index is 1680. The number of ether oxygens (including phenoxy) is 2. The van der Waals surface area contributed by atoms with Crippen LogP contribution in [0, 0.1) is 10.1 Å². The highest BCUT2D eigenvalue weighted by Gasteiger charge is 2.42. The van der Waals surface area contributed by atoms with Crippen molar-refractivity contribution in [1.29, 1.82) is 0 Å². The zero-order chi connectivity index (χ0) is 38.9. The van der Waals surface area contributed by atoms with Crippen LogP contribution in [0.25, 0.3) is 11.1 Å². The molecule has 5 amide bonds. The molecule has 17 nitrogen and oxygen atoms in total. The van der Waals surface area contributed by atoms with Gasteiger partial charge in [0.1, 0.15) is 18.9 Å². The molecule has 0 bridgehead atoms. The number of hydrogen-bond donors (Lipinski definition) is 5. The largest absolute Gasteiger partial charge is 0.617 e. The van der Waals surface area contributed by atoms with Crippen LogP contribution in [0.1, 0.15) is 60.4 Å². The van der Waals surface area contributed by atoms with Gasteiger partial charge in [0.15, 0.2) is 5.76 Å². The highest BCUT2D eigenvalue weighted by Crippen LogP contribution is 2.20. The van der Waals surface area contributed by atoms with Gasteiger partial charge in [-0.1, -0.05) is 48.9 Å². The number of aliphatic hydroxyl groups excluding tert-OH is 2. The third-order valence-electron chi connectivity index (χ3n) is 7.96. The molecule has 2 aromatic carbocycles. The maximum absolute atomic E-state index is 13.0. The van der Waals surface area contributed by atoms with Crippen molar-refractivity contribution >= 4 is 36.3 Å². The molecule has 0 aliphatic heterocycles. The molecule has 5 N–H and O–H groups in total. The molecule has 284 valence electrons. The third kappa shape index (κ3) is 13.1. The number of amides is 5. The van der Waals surface area contributed by atoms with E-state index >= 15 is 0 Å². The summed E-state index contributed by atoms with van der Waals surface area (Å²) in [6.45, 7) is 4.84. The second-order valence-electron chi connectivity index (χ2n) is 12.0. The SMILES string of the molecule is C=[N+]([O-])C(=O)C(OCCCCCC(=O)N=O)OC([C@H](O)[C@H](O)CNC(=O)c1ccc(-c2ccccc2)cc1)[C@H](NC(C)=O)[C@H](C)NC(=O)c1ccco1. The molecule has 17 heteroatoms. The second kappa shape index (κ2) is 21.0. The van der Waals surface area contributed by atoms with Crippen molar-refractivity contribution in [3.63, 3.8) is 0 Å². The fourth-order valence-corrected chi connectivity index (χ4v) is 5.18. The van der Waals surface area contributed by atoms with Crippen LogP contribution in [0.3, 0.4) is 0 Å². The third-order valence-corrected chi connectivity index (χ3v) is 7.96. The molecule has 0 saturated carbocycles. The molecule has 0 fully saturated rings. The van der Waals surface area contributed by atoms with Gasteiger partial charge in [-0.3, -0.25) is 19.2 Å². The standard InChI is InChI=1S/C36H43N5O12/c1-22(38-34(47)28-13-10-20-51-28)30(39-23(2)42)32(53-36(35(48)41(3)50)52-19-9-5-8-14-29(44)40-49)31(45)27(43)21-37-33(46)26-17-15-25(16-18-26)24-11-6-4-7-12-24/h4,6-7,10-13,15-18,20,22,27,30-32,36,43,45H,3,5,8-9,14,19,21H2,1-2H3,(H,37,46)(H,38,47)(H,39,42)/t22-,27+,30+,31+,32?,36?/m0/s1. The number of hydroxylamine groups is 1. The normalized spacial score (nSPS) is 14.4. The fraction of sp³-hybridized carbons (Fsp3) is 0.389. The van der Waals surface area contributed by atoms with Gasteiger partial charge in [-0.25, -0.2) is 4.79 Å². The average Bonchev–Trinajstić information content (AvgIpc) is 3.71. The molecule has 1 aromatic heterocycles. The number of carbonyl (C=O) groups excluding carboxylic acids is 5. The number of nitrogens with zero attached hydrogens (tertiary/aromatic N) is 2. The van der Waals surface area contributed by atoms with E-state index in [0.717, 1.165) is 18.1 Å². The van der Waals surface area contributed by atoms with Crippen LogP contribution in [-0.2, 0) is 23.9 Å². The van der Waals surface area contributed by atoms with E-state index in [2.05, 4.69) is 27.8 Å². The van der Waals surface area contributed by atoms with Crippen molar-refractivity contribution in [1.82, 2.24) is 16.0 Å². The lowest BCUT2D eigenvalue weighted by molar-refractivity contribution is -0.396. The minimum Gasteiger partial charge on any atom is -0.617 e. The maximum Gasteiger partial charge on any atom is 0.454 e. The Balaban J connectivity index is 1.83. The number of aliphatic hydroxyl groups is 2. The summed E-state index contributed by atoms with van der Waals surface area (Å²) in [6.07, 6.45) is -5.60. The summed E-state index contributed by atoms with van der Waals surface area (Å²) in [7, 11) is 0. The van der Waals surface area contributed by atoms with Gasteiger partial charge >= 0.3 is 5.91 Å². The molecule has 0 aliphatic carbocycles. The molecule has 0 aliphatic rings. The van der Waals surface area contributed by atoms with Crippen LogP contribution in [0.2, 0.25) is 0 Å². The topological polar surface area (TPSA) is 249 Å². The van der Waals surface area contributed by atoms with Gasteiger partial charge in [0, 0.05) is 36.7 Å². The quantitative estimate of drug-likeness (QED) is 0.0200. The van der Waals surface area contributed by atoms with E-state index < -0.39 is 72.8 Å². The molecule has 3 rings (SSSR count). The Morgan fingerprint density at radius 2 is 1.60 bits per heavy atom. The number of hydrogen-bond acceptors (Lipinski definition) is 12. The van der Waals surface area contributed by atoms with Crippen LogP contribution in [0.5, 0.6) is 0 Å². The molecule has 0 spiro atoms. The monoisotopic (exact) mass is 737 g/mol. The van der Waals surface area contributed by atoms with Crippen molar-refractivity contribution in [3.05, 3.63) is 94.4 Å². The van der Waals surface area contributed by atoms with E-state index in [1.54, 1.807) is 24.3 Å². The van der Waals surface area contributed by atoms with E-state index in [9.17, 15) is 44.3 Å². The van der Waals surface area contributed by atoms with E-state index in [-0.39, 0.29) is 41.9 Å². The number of rotatable bonds is 21. The summed E-state index contributed by atoms with van der Waals surface area (Å²) in [6, 6.07) is 16.5. The van der Waals surface area contributed by atoms with Gasteiger partial charge < -0.3 is 45.3 Å². The molecular formula is C36H43N5O12. The van der Waals surface area contributed by atoms with Gasteiger partial charge in [-0.15, -0.1) is 9.65 Å². The van der Waals surface area contributed by atoms with E-state index in [0.29, 0.717) is 6.42 Å². The lowest BCUT2D eigenvalue weighted by atomic mass is 9.95. The molecule has 0 saturated heterocycles. The average molecular weight is 738 g/mol. The first-order valence-electron chi connectivity index (χ1n) is 16.7. The molecular weight excluding hydrogens is 694 g/mol. The van der Waals surface area contributed by atoms with Crippen molar-refractivity contribution in [2.75, 3.05) is 13.2 Å². The summed E-state index contributed by atoms with van der Waals surface area (Å²) < 4.78 is 16.2. The molecule has 0 radical (unpaired) electrons. The van der Waals surface area contributed by atoms with Crippen molar-refractivity contribution in [2.24, 2.45) is 5.18 Å². The molecule has 3 aromatic rings. The van der Waals surface area contributed by atoms with E-state index in [1.165, 1.54) is 25.3 Å². The number of furan rings is 1. The van der Waals surface area contributed by atoms with Gasteiger partial charge in [-0.2, -0.15) is 0 Å². The Hall–Kier alpha value is -5.62. The molecule has 6 atom stereocenters. The predicted octanol–water partition coefficient (Wildman–Crippen LogP) is 2.04. The highest BCUT2D eigenvalue weighted by atomic mass is 16.7. The van der Waals surface area contributed by atoms with Crippen LogP contribution in [0.4, 0.5) is 0 Å². The molecule has 1 heterocycles. The molecule has 53 heavy (non-hydrogen) atoms. The predicted molar refractivity (Wildman–Crippen MR) is 189 cm³/mol. The zero-order valence-corrected chi connectivity index (χ0v) is 29.2. The number of nitroso groups, excluding NO2 is 1. The minimum absolute atomic E-state index is 0.0861. The molecule has 2 unspecified atom stereocenters. The van der Waals surface area contributed by atoms with Crippen LogP contribution in [-0.4, -0.2) is 101 Å². The van der Waals surface area contributed by atoms with Crippen LogP contribution >= 0.6 is 0 Å². The summed E-state index contributed by atoms with van der Waals surface area (Å²) in [5.74, 6) is -4.23. The number of unbranched alkanes of at least 4 members (excludes halogenated alkanes) is 2. The van der Waals surface area contributed by atoms with Gasteiger partial charge in [0.05, 0.1) is 25.0 Å². The number of benzene rings is 2. The van der Waals surface area contributed by atoms with Gasteiger partial charge in [0.2, 0.25) is 5.91 Å². The minimum atomic E-state index is -2.04. The van der Waals surface area contributed by atoms with Gasteiger partial charge in [-0.05, 0) is 55.2 Å². The summed E-state index contributed by atoms with van der Waals surface area (Å²) in [5, 5.41) is 44.6. The Morgan fingerprint density at radius 3 is 2.21 bits per heavy atom. The summed E-state index contributed by atoms with van der Waals surface area (Å²) in [5.41, 5.74) is 2.06. The lowest BCUT2D eigenvalue weighted by Gasteiger charge is -2.37. The fourth-order valence-electron chi connectivity index (χ4n) is 5.18. The lowest BCUT2D eigenvalue weighted by Crippen LogP contribution is -2.63. The first-order valence-corrected chi connectivity index (χ1v) is 16.7. The Morgan fingerprint density at radius 1 is 0.925 bits per heavy atom. The number of nitrogens with one attached hydrogen (secondary N) is 3. The second-order valence-corrected chi connectivity index (χ2v) is 12.0. The maximum atomic E-state index is 13.0. The summed E-state index contributed by atoms with van der Waals surface area (Å²) >= 11 is 0. The first kappa shape index (κ1) is 41.8. The van der Waals surface area contributed by atoms with Crippen molar-refractivity contribution < 1.29 is 52.8 Å². The highest BCUT2D eigenvalue weighted by molar-refractivity contribution is 5.94. The van der Waals surface area contributed by atoms with Crippen LogP contribution in [0.15, 0.2) is 82.6 Å². The zero-order valence-electron chi connectivity index (χ0n) is 29.2. The number of carbonyl (C=O) groups is 5. The van der Waals surface area contributed by atoms with Crippen molar-refractivity contribution in [3.8, 4) is 11.1 Å². The smallest absolute Gasteiger partial charge is 0.454 e.